The highest BCUT2D eigenvalue weighted by Crippen LogP contribution is 2.42. The third-order valence-electron chi connectivity index (χ3n) is 4.43. The maximum atomic E-state index is 12.8. The highest BCUT2D eigenvalue weighted by molar-refractivity contribution is 5.91. The SMILES string of the molecule is COc1ccc(C(=O)Oc2c(C(C)(C)C)cc(OC)cc2C(C)(C)C)cc1. The Morgan fingerprint density at radius 1 is 0.741 bits per heavy atom. The molecule has 0 bridgehead atoms. The van der Waals surface area contributed by atoms with Crippen LogP contribution in [0.15, 0.2) is 36.4 Å². The molecule has 0 saturated carbocycles. The van der Waals surface area contributed by atoms with Crippen LogP contribution in [0, 0.1) is 0 Å². The Labute approximate surface area is 162 Å². The van der Waals surface area contributed by atoms with Crippen LogP contribution in [0.1, 0.15) is 63.0 Å². The number of hydrogen-bond acceptors (Lipinski definition) is 4. The van der Waals surface area contributed by atoms with E-state index in [0.717, 1.165) is 16.9 Å². The van der Waals surface area contributed by atoms with Crippen LogP contribution in [0.4, 0.5) is 0 Å². The molecule has 0 aromatic heterocycles. The van der Waals surface area contributed by atoms with Crippen LogP contribution in [0.5, 0.6) is 17.2 Å². The summed E-state index contributed by atoms with van der Waals surface area (Å²) in [6.45, 7) is 12.6. The Bertz CT molecular complexity index is 771. The molecule has 0 saturated heterocycles. The quantitative estimate of drug-likeness (QED) is 0.525. The van der Waals surface area contributed by atoms with E-state index in [1.807, 2.05) is 12.1 Å². The van der Waals surface area contributed by atoms with Crippen molar-refractivity contribution in [2.24, 2.45) is 0 Å². The van der Waals surface area contributed by atoms with E-state index in [0.29, 0.717) is 17.1 Å². The van der Waals surface area contributed by atoms with Gasteiger partial charge in [-0.15, -0.1) is 0 Å². The van der Waals surface area contributed by atoms with E-state index in [2.05, 4.69) is 41.5 Å². The van der Waals surface area contributed by atoms with Crippen molar-refractivity contribution in [1.82, 2.24) is 0 Å². The minimum atomic E-state index is -0.390. The summed E-state index contributed by atoms with van der Waals surface area (Å²) in [7, 11) is 3.24. The topological polar surface area (TPSA) is 44.8 Å². The molecule has 2 aromatic rings. The minimum absolute atomic E-state index is 0.218. The number of ether oxygens (including phenoxy) is 3. The molecule has 2 rings (SSSR count). The fraction of sp³-hybridized carbons (Fsp3) is 0.435. The normalized spacial score (nSPS) is 11.9. The van der Waals surface area contributed by atoms with E-state index < -0.39 is 0 Å². The monoisotopic (exact) mass is 370 g/mol. The van der Waals surface area contributed by atoms with E-state index in [1.54, 1.807) is 38.5 Å². The smallest absolute Gasteiger partial charge is 0.343 e. The number of carbonyl (C=O) groups is 1. The maximum absolute atomic E-state index is 12.8. The molecule has 0 amide bonds. The van der Waals surface area contributed by atoms with Gasteiger partial charge in [0.1, 0.15) is 17.2 Å². The Hall–Kier alpha value is -2.49. The van der Waals surface area contributed by atoms with Gasteiger partial charge in [0.15, 0.2) is 0 Å². The average molecular weight is 370 g/mol. The van der Waals surface area contributed by atoms with Crippen molar-refractivity contribution >= 4 is 5.97 Å². The van der Waals surface area contributed by atoms with Crippen molar-refractivity contribution in [3.8, 4) is 17.2 Å². The number of esters is 1. The summed E-state index contributed by atoms with van der Waals surface area (Å²) in [6, 6.07) is 10.8. The zero-order valence-corrected chi connectivity index (χ0v) is 17.6. The van der Waals surface area contributed by atoms with Crippen LogP contribution in [-0.2, 0) is 10.8 Å². The van der Waals surface area contributed by atoms with Gasteiger partial charge >= 0.3 is 5.97 Å². The van der Waals surface area contributed by atoms with E-state index in [1.165, 1.54) is 0 Å². The molecule has 0 unspecified atom stereocenters. The summed E-state index contributed by atoms with van der Waals surface area (Å²) in [4.78, 5) is 12.8. The molecule has 0 spiro atoms. The van der Waals surface area contributed by atoms with E-state index >= 15 is 0 Å². The molecule has 146 valence electrons. The molecule has 0 atom stereocenters. The largest absolute Gasteiger partial charge is 0.497 e. The van der Waals surface area contributed by atoms with Crippen LogP contribution in [0.25, 0.3) is 0 Å². The van der Waals surface area contributed by atoms with Gasteiger partial charge in [0.2, 0.25) is 0 Å². The predicted octanol–water partition coefficient (Wildman–Crippen LogP) is 5.52. The fourth-order valence-electron chi connectivity index (χ4n) is 2.82. The summed E-state index contributed by atoms with van der Waals surface area (Å²) in [5.41, 5.74) is 1.92. The van der Waals surface area contributed by atoms with Crippen molar-refractivity contribution in [3.63, 3.8) is 0 Å². The molecule has 0 heterocycles. The Balaban J connectivity index is 2.57. The molecule has 0 N–H and O–H groups in total. The average Bonchev–Trinajstić information content (AvgIpc) is 2.59. The van der Waals surface area contributed by atoms with Gasteiger partial charge in [0.25, 0.3) is 0 Å². The number of methoxy groups -OCH3 is 2. The lowest BCUT2D eigenvalue weighted by atomic mass is 9.79. The van der Waals surface area contributed by atoms with E-state index in [4.69, 9.17) is 14.2 Å². The van der Waals surface area contributed by atoms with Gasteiger partial charge in [-0.05, 0) is 47.2 Å². The third kappa shape index (κ3) is 4.82. The van der Waals surface area contributed by atoms with Crippen molar-refractivity contribution in [2.45, 2.75) is 52.4 Å². The summed E-state index contributed by atoms with van der Waals surface area (Å²) in [6.07, 6.45) is 0. The molecular weight excluding hydrogens is 340 g/mol. The zero-order chi connectivity index (χ0) is 20.4. The molecule has 0 aliphatic heterocycles. The highest BCUT2D eigenvalue weighted by Gasteiger charge is 2.29. The molecule has 2 aromatic carbocycles. The van der Waals surface area contributed by atoms with Crippen LogP contribution in [0.3, 0.4) is 0 Å². The Morgan fingerprint density at radius 3 is 1.56 bits per heavy atom. The Kier molecular flexibility index (Phi) is 5.88. The fourth-order valence-corrected chi connectivity index (χ4v) is 2.82. The van der Waals surface area contributed by atoms with Gasteiger partial charge < -0.3 is 14.2 Å². The molecule has 0 fully saturated rings. The molecule has 4 nitrogen and oxygen atoms in total. The van der Waals surface area contributed by atoms with E-state index in [9.17, 15) is 4.79 Å². The first kappa shape index (κ1) is 20.8. The lowest BCUT2D eigenvalue weighted by Crippen LogP contribution is -2.22. The molecule has 4 heteroatoms. The standard InChI is InChI=1S/C23H30O4/c1-22(2,3)18-13-17(26-8)14-19(23(4,5)6)20(18)27-21(24)15-9-11-16(25-7)12-10-15/h9-14H,1-8H3. The summed E-state index contributed by atoms with van der Waals surface area (Å²) < 4.78 is 16.6. The molecule has 0 radical (unpaired) electrons. The maximum Gasteiger partial charge on any atom is 0.343 e. The van der Waals surface area contributed by atoms with Gasteiger partial charge in [-0.2, -0.15) is 0 Å². The number of carbonyl (C=O) groups excluding carboxylic acids is 1. The zero-order valence-electron chi connectivity index (χ0n) is 17.6. The van der Waals surface area contributed by atoms with Crippen LogP contribution >= 0.6 is 0 Å². The van der Waals surface area contributed by atoms with Gasteiger partial charge in [0, 0.05) is 11.1 Å². The minimum Gasteiger partial charge on any atom is -0.497 e. The first-order valence-corrected chi connectivity index (χ1v) is 9.06. The highest BCUT2D eigenvalue weighted by atomic mass is 16.5. The van der Waals surface area contributed by atoms with Crippen molar-refractivity contribution in [1.29, 1.82) is 0 Å². The molecule has 27 heavy (non-hydrogen) atoms. The number of rotatable bonds is 4. The lowest BCUT2D eigenvalue weighted by Gasteiger charge is -2.29. The first-order valence-electron chi connectivity index (χ1n) is 9.06. The first-order chi connectivity index (χ1) is 12.5. The van der Waals surface area contributed by atoms with Crippen LogP contribution in [-0.4, -0.2) is 20.2 Å². The Morgan fingerprint density at radius 2 is 1.19 bits per heavy atom. The van der Waals surface area contributed by atoms with Gasteiger partial charge in [-0.25, -0.2) is 4.79 Å². The second-order valence-electron chi connectivity index (χ2n) is 8.67. The number of benzene rings is 2. The van der Waals surface area contributed by atoms with E-state index in [-0.39, 0.29) is 16.8 Å². The second-order valence-corrected chi connectivity index (χ2v) is 8.67. The summed E-state index contributed by atoms with van der Waals surface area (Å²) in [5.74, 6) is 1.67. The molecule has 0 aliphatic carbocycles. The number of hydrogen-bond donors (Lipinski definition) is 0. The summed E-state index contributed by atoms with van der Waals surface area (Å²) in [5, 5.41) is 0. The van der Waals surface area contributed by atoms with Crippen molar-refractivity contribution in [3.05, 3.63) is 53.1 Å². The van der Waals surface area contributed by atoms with Crippen molar-refractivity contribution in [2.75, 3.05) is 14.2 Å². The molecular formula is C23H30O4. The predicted molar refractivity (Wildman–Crippen MR) is 108 cm³/mol. The van der Waals surface area contributed by atoms with Gasteiger partial charge in [0.05, 0.1) is 19.8 Å². The van der Waals surface area contributed by atoms with Crippen LogP contribution in [0.2, 0.25) is 0 Å². The summed E-state index contributed by atoms with van der Waals surface area (Å²) >= 11 is 0. The second kappa shape index (κ2) is 7.63. The van der Waals surface area contributed by atoms with Gasteiger partial charge in [-0.1, -0.05) is 41.5 Å². The molecule has 0 aliphatic rings. The van der Waals surface area contributed by atoms with Gasteiger partial charge in [-0.3, -0.25) is 0 Å². The third-order valence-corrected chi connectivity index (χ3v) is 4.43. The lowest BCUT2D eigenvalue weighted by molar-refractivity contribution is 0.0728. The van der Waals surface area contributed by atoms with Crippen LogP contribution < -0.4 is 14.2 Å². The van der Waals surface area contributed by atoms with Crippen molar-refractivity contribution < 1.29 is 19.0 Å².